The third-order valence-corrected chi connectivity index (χ3v) is 14.1. The molecule has 0 bridgehead atoms. The number of aryl methyl sites for hydroxylation is 9. The molecule has 15 nitrogen and oxygen atoms in total. The van der Waals surface area contributed by atoms with Crippen molar-refractivity contribution in [3.63, 3.8) is 0 Å². The number of nitrogens with zero attached hydrogens (tertiary/aromatic N) is 14. The first kappa shape index (κ1) is 51.2. The Bertz CT molecular complexity index is 3070. The van der Waals surface area contributed by atoms with Gasteiger partial charge < -0.3 is 9.80 Å². The number of benzene rings is 4. The van der Waals surface area contributed by atoms with E-state index in [1.807, 2.05) is 0 Å². The Morgan fingerprint density at radius 1 is 0.486 bits per heavy atom. The lowest BCUT2D eigenvalue weighted by atomic mass is 10.0. The number of unbranched alkanes of at least 4 members (excludes halogenated alkanes) is 6. The smallest absolute Gasteiger partial charge is 0.151 e. The molecule has 8 aromatic rings. The molecule has 6 heterocycles. The standard InChI is InChI=1S/C31H36N8.C28H33N7/c1-23-11-15-25(16-12-23)29-30(26-17-13-24(2)14-18-26)34-31-27(33-29)9-7-21-38(31)20-6-4-3-5-10-28-35-36-37-39(28)22-8-19-32;1-20-10-14-22(15-11-20)26-27(23-16-12-21(2)13-17-23)30-28-24(29-26)8-7-19-35(28)18-6-4-3-5-9-25-31-33-34-32-25/h11-18H,3-10,20-22H2,1-2H3;10-17H,3-9,18-19H2,1-2H3,(H,31,32,33,34). The molecule has 10 rings (SSSR count). The molecule has 4 aromatic carbocycles. The summed E-state index contributed by atoms with van der Waals surface area (Å²) in [5, 5.41) is 34.8. The SMILES string of the molecule is Cc1ccc(-c2nc3c(nc2-c2ccc(C)cc2)N(CCCCCCc2nnn[nH]2)CCC3)cc1.Cc1ccc(-c2nc3c(nc2-c2ccc(C)cc2)N(CCCCCCc2nnnn2CCC#N)CCC3)cc1. The second-order valence-electron chi connectivity index (χ2n) is 19.9. The summed E-state index contributed by atoms with van der Waals surface area (Å²) in [6.45, 7) is 13.1. The first-order valence-electron chi connectivity index (χ1n) is 26.7. The van der Waals surface area contributed by atoms with Gasteiger partial charge in [0, 0.05) is 61.3 Å². The van der Waals surface area contributed by atoms with Crippen LogP contribution in [0.25, 0.3) is 45.0 Å². The highest BCUT2D eigenvalue weighted by Gasteiger charge is 2.26. The van der Waals surface area contributed by atoms with E-state index in [4.69, 9.17) is 25.2 Å². The van der Waals surface area contributed by atoms with Crippen LogP contribution < -0.4 is 9.80 Å². The second kappa shape index (κ2) is 25.3. The van der Waals surface area contributed by atoms with Gasteiger partial charge in [-0.1, -0.05) is 145 Å². The van der Waals surface area contributed by atoms with E-state index in [1.54, 1.807) is 4.68 Å². The largest absolute Gasteiger partial charge is 0.355 e. The van der Waals surface area contributed by atoms with E-state index in [9.17, 15) is 0 Å². The maximum absolute atomic E-state index is 8.81. The monoisotopic (exact) mass is 988 g/mol. The van der Waals surface area contributed by atoms with Crippen LogP contribution >= 0.6 is 0 Å². The lowest BCUT2D eigenvalue weighted by Crippen LogP contribution is -2.32. The number of aromatic nitrogens is 12. The Labute approximate surface area is 435 Å². The lowest BCUT2D eigenvalue weighted by Gasteiger charge is -2.30. The number of tetrazole rings is 2. The van der Waals surface area contributed by atoms with Crippen LogP contribution in [0.3, 0.4) is 0 Å². The molecule has 0 saturated carbocycles. The van der Waals surface area contributed by atoms with Crippen molar-refractivity contribution in [2.45, 2.75) is 131 Å². The molecule has 74 heavy (non-hydrogen) atoms. The number of rotatable bonds is 20. The molecule has 0 aliphatic carbocycles. The topological polar surface area (TPSA) is 180 Å². The first-order chi connectivity index (χ1) is 36.3. The molecule has 0 unspecified atom stereocenters. The van der Waals surface area contributed by atoms with Crippen LogP contribution in [-0.4, -0.2) is 86.9 Å². The van der Waals surface area contributed by atoms with Gasteiger partial charge in [0.15, 0.2) is 17.5 Å². The summed E-state index contributed by atoms with van der Waals surface area (Å²) in [7, 11) is 0. The van der Waals surface area contributed by atoms with E-state index < -0.39 is 0 Å². The minimum Gasteiger partial charge on any atom is -0.355 e. The van der Waals surface area contributed by atoms with Crippen LogP contribution in [0.15, 0.2) is 97.1 Å². The third kappa shape index (κ3) is 13.3. The number of aromatic amines is 1. The fourth-order valence-corrected chi connectivity index (χ4v) is 9.84. The van der Waals surface area contributed by atoms with E-state index in [0.717, 1.165) is 183 Å². The lowest BCUT2D eigenvalue weighted by molar-refractivity contribution is 0.551. The van der Waals surface area contributed by atoms with Gasteiger partial charge in [0.05, 0.1) is 53.2 Å². The van der Waals surface area contributed by atoms with Gasteiger partial charge in [-0.3, -0.25) is 0 Å². The summed E-state index contributed by atoms with van der Waals surface area (Å²) in [5.41, 5.74) is 15.6. The summed E-state index contributed by atoms with van der Waals surface area (Å²) >= 11 is 0. The number of H-pyrrole nitrogens is 1. The van der Waals surface area contributed by atoms with Crippen LogP contribution in [0.5, 0.6) is 0 Å². The van der Waals surface area contributed by atoms with Crippen molar-refractivity contribution >= 4 is 11.6 Å². The number of hydrogen-bond acceptors (Lipinski definition) is 13. The van der Waals surface area contributed by atoms with Crippen molar-refractivity contribution in [2.75, 3.05) is 36.0 Å². The van der Waals surface area contributed by atoms with Crippen molar-refractivity contribution in [1.82, 2.24) is 60.8 Å². The number of nitriles is 1. The van der Waals surface area contributed by atoms with Crippen molar-refractivity contribution < 1.29 is 0 Å². The van der Waals surface area contributed by atoms with E-state index in [1.165, 1.54) is 35.1 Å². The summed E-state index contributed by atoms with van der Waals surface area (Å²) in [6, 6.07) is 36.7. The van der Waals surface area contributed by atoms with Gasteiger partial charge in [-0.15, -0.1) is 10.2 Å². The molecular formula is C59H69N15. The van der Waals surface area contributed by atoms with E-state index in [2.05, 4.69) is 177 Å². The molecule has 0 radical (unpaired) electrons. The average molecular weight is 988 g/mol. The Kier molecular flexibility index (Phi) is 17.5. The molecule has 2 aliphatic heterocycles. The Morgan fingerprint density at radius 2 is 0.919 bits per heavy atom. The highest BCUT2D eigenvalue weighted by atomic mass is 15.5. The van der Waals surface area contributed by atoms with Crippen LogP contribution in [0.4, 0.5) is 11.6 Å². The van der Waals surface area contributed by atoms with Gasteiger partial charge in [0.25, 0.3) is 0 Å². The molecule has 380 valence electrons. The normalized spacial score (nSPS) is 13.0. The van der Waals surface area contributed by atoms with Crippen molar-refractivity contribution in [3.05, 3.63) is 142 Å². The molecule has 0 amide bonds. The predicted octanol–water partition coefficient (Wildman–Crippen LogP) is 11.4. The maximum atomic E-state index is 8.81. The zero-order valence-corrected chi connectivity index (χ0v) is 43.6. The highest BCUT2D eigenvalue weighted by molar-refractivity contribution is 5.81. The summed E-state index contributed by atoms with van der Waals surface area (Å²) < 4.78 is 1.75. The molecule has 0 fully saturated rings. The minimum atomic E-state index is 0.427. The van der Waals surface area contributed by atoms with E-state index in [-0.39, 0.29) is 0 Å². The van der Waals surface area contributed by atoms with Gasteiger partial charge in [-0.05, 0) is 99.9 Å². The Hall–Kier alpha value is -7.73. The summed E-state index contributed by atoms with van der Waals surface area (Å²) in [6.07, 6.45) is 15.4. The minimum absolute atomic E-state index is 0.427. The van der Waals surface area contributed by atoms with Crippen molar-refractivity contribution in [2.24, 2.45) is 0 Å². The van der Waals surface area contributed by atoms with Gasteiger partial charge in [-0.2, -0.15) is 5.26 Å². The molecule has 0 spiro atoms. The zero-order chi connectivity index (χ0) is 51.1. The predicted molar refractivity (Wildman–Crippen MR) is 292 cm³/mol. The number of fused-ring (bicyclic) bond motifs is 2. The molecule has 0 saturated heterocycles. The quantitative estimate of drug-likeness (QED) is 0.0713. The number of hydrogen-bond donors (Lipinski definition) is 1. The molecule has 15 heteroatoms. The fourth-order valence-electron chi connectivity index (χ4n) is 9.84. The maximum Gasteiger partial charge on any atom is 0.151 e. The van der Waals surface area contributed by atoms with Crippen LogP contribution in [0.2, 0.25) is 0 Å². The highest BCUT2D eigenvalue weighted by Crippen LogP contribution is 2.37. The number of nitrogens with one attached hydrogen (secondary N) is 1. The molecule has 1 N–H and O–H groups in total. The van der Waals surface area contributed by atoms with Crippen molar-refractivity contribution in [3.8, 4) is 51.1 Å². The van der Waals surface area contributed by atoms with Gasteiger partial charge in [0.1, 0.15) is 5.82 Å². The van der Waals surface area contributed by atoms with Gasteiger partial charge in [-0.25, -0.2) is 29.7 Å². The molecule has 0 atom stereocenters. The zero-order valence-electron chi connectivity index (χ0n) is 43.6. The second-order valence-corrected chi connectivity index (χ2v) is 19.9. The summed E-state index contributed by atoms with van der Waals surface area (Å²) in [4.78, 5) is 25.9. The van der Waals surface area contributed by atoms with E-state index >= 15 is 0 Å². The van der Waals surface area contributed by atoms with Crippen LogP contribution in [-0.2, 0) is 32.2 Å². The Morgan fingerprint density at radius 3 is 1.35 bits per heavy atom. The first-order valence-corrected chi connectivity index (χ1v) is 26.7. The number of anilines is 2. The molecule has 4 aromatic heterocycles. The van der Waals surface area contributed by atoms with Crippen LogP contribution in [0, 0.1) is 39.0 Å². The van der Waals surface area contributed by atoms with Gasteiger partial charge in [0.2, 0.25) is 0 Å². The average Bonchev–Trinajstić information content (AvgIpc) is 4.14. The van der Waals surface area contributed by atoms with Crippen LogP contribution in [0.1, 0.15) is 116 Å². The van der Waals surface area contributed by atoms with Crippen molar-refractivity contribution in [1.29, 1.82) is 5.26 Å². The molecule has 2 aliphatic rings. The fraction of sp³-hybridized carbons (Fsp3) is 0.407. The summed E-state index contributed by atoms with van der Waals surface area (Å²) in [5.74, 6) is 3.86. The van der Waals surface area contributed by atoms with E-state index in [0.29, 0.717) is 13.0 Å². The molecular weight excluding hydrogens is 919 g/mol. The third-order valence-electron chi connectivity index (χ3n) is 14.1. The van der Waals surface area contributed by atoms with Gasteiger partial charge >= 0.3 is 0 Å². The Balaban J connectivity index is 0.000000183.